The molecule has 1 aliphatic heterocycles. The number of nitrogens with two attached hydrogens (primary N) is 1. The molecule has 13 heavy (non-hydrogen) atoms. The summed E-state index contributed by atoms with van der Waals surface area (Å²) in [5.41, 5.74) is 2.07. The van der Waals surface area contributed by atoms with Gasteiger partial charge < -0.3 is 10.1 Å². The number of hydrogen-bond donors (Lipinski definition) is 3. The zero-order valence-electron chi connectivity index (χ0n) is 7.71. The highest BCUT2D eigenvalue weighted by molar-refractivity contribution is 5.75. The standard InChI is InChI=1S/C8H17N3O2/c9-11-8(12)3-6-13-7-1-4-10-5-2-7/h7,10H,1-6,9H2,(H,11,12). The van der Waals surface area contributed by atoms with Crippen molar-refractivity contribution in [3.05, 3.63) is 0 Å². The molecule has 1 saturated heterocycles. The van der Waals surface area contributed by atoms with Gasteiger partial charge >= 0.3 is 0 Å². The van der Waals surface area contributed by atoms with Gasteiger partial charge in [-0.05, 0) is 25.9 Å². The molecule has 0 spiro atoms. The lowest BCUT2D eigenvalue weighted by Gasteiger charge is -2.22. The molecule has 1 rings (SSSR count). The summed E-state index contributed by atoms with van der Waals surface area (Å²) in [5, 5.41) is 3.25. The molecule has 0 unspecified atom stereocenters. The van der Waals surface area contributed by atoms with Gasteiger partial charge in [-0.25, -0.2) is 5.84 Å². The first-order valence-corrected chi connectivity index (χ1v) is 4.64. The van der Waals surface area contributed by atoms with Crippen molar-refractivity contribution in [2.75, 3.05) is 19.7 Å². The van der Waals surface area contributed by atoms with E-state index in [9.17, 15) is 4.79 Å². The quantitative estimate of drug-likeness (QED) is 0.304. The number of ether oxygens (including phenoxy) is 1. The average molecular weight is 187 g/mol. The Morgan fingerprint density at radius 1 is 1.54 bits per heavy atom. The van der Waals surface area contributed by atoms with Crippen LogP contribution in [-0.2, 0) is 9.53 Å². The largest absolute Gasteiger partial charge is 0.378 e. The molecule has 1 heterocycles. The molecule has 0 radical (unpaired) electrons. The SMILES string of the molecule is NNC(=O)CCOC1CCNCC1. The second kappa shape index (κ2) is 5.90. The molecular weight excluding hydrogens is 170 g/mol. The Hall–Kier alpha value is -0.650. The first-order valence-electron chi connectivity index (χ1n) is 4.64. The summed E-state index contributed by atoms with van der Waals surface area (Å²) in [7, 11) is 0. The summed E-state index contributed by atoms with van der Waals surface area (Å²) < 4.78 is 5.50. The molecule has 0 saturated carbocycles. The molecule has 0 atom stereocenters. The van der Waals surface area contributed by atoms with Crippen molar-refractivity contribution < 1.29 is 9.53 Å². The third kappa shape index (κ3) is 4.21. The molecule has 1 fully saturated rings. The minimum absolute atomic E-state index is 0.172. The lowest BCUT2D eigenvalue weighted by molar-refractivity contribution is -0.122. The van der Waals surface area contributed by atoms with Crippen LogP contribution in [-0.4, -0.2) is 31.7 Å². The van der Waals surface area contributed by atoms with Gasteiger partial charge in [-0.1, -0.05) is 0 Å². The van der Waals surface area contributed by atoms with E-state index in [-0.39, 0.29) is 5.91 Å². The van der Waals surface area contributed by atoms with Gasteiger partial charge in [0.25, 0.3) is 0 Å². The van der Waals surface area contributed by atoms with E-state index in [4.69, 9.17) is 10.6 Å². The van der Waals surface area contributed by atoms with E-state index < -0.39 is 0 Å². The zero-order valence-corrected chi connectivity index (χ0v) is 7.71. The monoisotopic (exact) mass is 187 g/mol. The van der Waals surface area contributed by atoms with Crippen molar-refractivity contribution in [1.29, 1.82) is 0 Å². The highest BCUT2D eigenvalue weighted by Crippen LogP contribution is 2.06. The maximum atomic E-state index is 10.7. The first kappa shape index (κ1) is 10.4. The maximum absolute atomic E-state index is 10.7. The lowest BCUT2D eigenvalue weighted by Crippen LogP contribution is -2.34. The van der Waals surface area contributed by atoms with Gasteiger partial charge in [-0.3, -0.25) is 10.2 Å². The van der Waals surface area contributed by atoms with Crippen molar-refractivity contribution in [2.24, 2.45) is 5.84 Å². The molecule has 0 bridgehead atoms. The summed E-state index contributed by atoms with van der Waals surface area (Å²) in [6.07, 6.45) is 2.72. The molecule has 0 aliphatic carbocycles. The third-order valence-electron chi connectivity index (χ3n) is 2.13. The van der Waals surface area contributed by atoms with E-state index in [2.05, 4.69) is 10.7 Å². The number of rotatable bonds is 4. The van der Waals surface area contributed by atoms with Crippen molar-refractivity contribution in [1.82, 2.24) is 10.7 Å². The predicted octanol–water partition coefficient (Wildman–Crippen LogP) is -0.865. The first-order chi connectivity index (χ1) is 6.33. The van der Waals surface area contributed by atoms with Crippen molar-refractivity contribution in [3.8, 4) is 0 Å². The zero-order chi connectivity index (χ0) is 9.52. The van der Waals surface area contributed by atoms with Crippen LogP contribution < -0.4 is 16.6 Å². The molecule has 0 aromatic carbocycles. The number of piperidine rings is 1. The van der Waals surface area contributed by atoms with E-state index in [0.717, 1.165) is 25.9 Å². The summed E-state index contributed by atoms with van der Waals surface area (Å²) in [4.78, 5) is 10.7. The number of carbonyl (C=O) groups excluding carboxylic acids is 1. The van der Waals surface area contributed by atoms with Gasteiger partial charge in [0.2, 0.25) is 5.91 Å². The minimum Gasteiger partial charge on any atom is -0.378 e. The van der Waals surface area contributed by atoms with Crippen LogP contribution in [0.25, 0.3) is 0 Å². The normalized spacial score (nSPS) is 18.5. The Bertz CT molecular complexity index is 157. The van der Waals surface area contributed by atoms with Crippen LogP contribution in [0.1, 0.15) is 19.3 Å². The Kier molecular flexibility index (Phi) is 4.74. The van der Waals surface area contributed by atoms with Gasteiger partial charge in [-0.2, -0.15) is 0 Å². The third-order valence-corrected chi connectivity index (χ3v) is 2.13. The summed E-state index contributed by atoms with van der Waals surface area (Å²) in [6.45, 7) is 2.48. The fraction of sp³-hybridized carbons (Fsp3) is 0.875. The second-order valence-electron chi connectivity index (χ2n) is 3.14. The van der Waals surface area contributed by atoms with Crippen LogP contribution in [0.4, 0.5) is 0 Å². The molecule has 0 aromatic rings. The Labute approximate surface area is 78.0 Å². The summed E-state index contributed by atoms with van der Waals surface area (Å²) >= 11 is 0. The maximum Gasteiger partial charge on any atom is 0.236 e. The molecule has 0 aromatic heterocycles. The second-order valence-corrected chi connectivity index (χ2v) is 3.14. The van der Waals surface area contributed by atoms with Crippen molar-refractivity contribution >= 4 is 5.91 Å². The van der Waals surface area contributed by atoms with Crippen LogP contribution in [0.15, 0.2) is 0 Å². The topological polar surface area (TPSA) is 76.4 Å². The minimum atomic E-state index is -0.172. The Balaban J connectivity index is 2.01. The Morgan fingerprint density at radius 2 is 2.23 bits per heavy atom. The summed E-state index contributed by atoms with van der Waals surface area (Å²) in [5.74, 6) is 4.75. The molecule has 76 valence electrons. The van der Waals surface area contributed by atoms with Gasteiger partial charge in [0, 0.05) is 0 Å². The molecule has 1 amide bonds. The molecule has 5 nitrogen and oxygen atoms in total. The smallest absolute Gasteiger partial charge is 0.236 e. The fourth-order valence-corrected chi connectivity index (χ4v) is 1.35. The van der Waals surface area contributed by atoms with Crippen molar-refractivity contribution in [3.63, 3.8) is 0 Å². The molecule has 1 aliphatic rings. The summed E-state index contributed by atoms with van der Waals surface area (Å²) in [6, 6.07) is 0. The Morgan fingerprint density at radius 3 is 2.85 bits per heavy atom. The van der Waals surface area contributed by atoms with Gasteiger partial charge in [0.1, 0.15) is 0 Å². The average Bonchev–Trinajstić information content (AvgIpc) is 2.19. The van der Waals surface area contributed by atoms with E-state index in [1.807, 2.05) is 0 Å². The number of hydrogen-bond acceptors (Lipinski definition) is 4. The van der Waals surface area contributed by atoms with Crippen LogP contribution in [0.3, 0.4) is 0 Å². The van der Waals surface area contributed by atoms with E-state index in [1.165, 1.54) is 0 Å². The number of carbonyl (C=O) groups is 1. The molecule has 5 heteroatoms. The van der Waals surface area contributed by atoms with Crippen molar-refractivity contribution in [2.45, 2.75) is 25.4 Å². The highest BCUT2D eigenvalue weighted by Gasteiger charge is 2.13. The van der Waals surface area contributed by atoms with Crippen LogP contribution in [0.2, 0.25) is 0 Å². The molecule has 4 N–H and O–H groups in total. The van der Waals surface area contributed by atoms with Gasteiger partial charge in [0.15, 0.2) is 0 Å². The number of nitrogens with one attached hydrogen (secondary N) is 2. The lowest BCUT2D eigenvalue weighted by atomic mass is 10.1. The number of amides is 1. The van der Waals surface area contributed by atoms with Gasteiger partial charge in [-0.15, -0.1) is 0 Å². The number of hydrazine groups is 1. The molecular formula is C8H17N3O2. The fourth-order valence-electron chi connectivity index (χ4n) is 1.35. The van der Waals surface area contributed by atoms with Crippen LogP contribution in [0.5, 0.6) is 0 Å². The predicted molar refractivity (Wildman–Crippen MR) is 48.8 cm³/mol. The van der Waals surface area contributed by atoms with E-state index in [1.54, 1.807) is 0 Å². The van der Waals surface area contributed by atoms with E-state index in [0.29, 0.717) is 19.1 Å². The van der Waals surface area contributed by atoms with Crippen LogP contribution >= 0.6 is 0 Å². The van der Waals surface area contributed by atoms with E-state index >= 15 is 0 Å². The highest BCUT2D eigenvalue weighted by atomic mass is 16.5. The van der Waals surface area contributed by atoms with Gasteiger partial charge in [0.05, 0.1) is 19.1 Å². The van der Waals surface area contributed by atoms with Crippen LogP contribution in [0, 0.1) is 0 Å².